The zero-order chi connectivity index (χ0) is 19.8. The van der Waals surface area contributed by atoms with E-state index in [0.29, 0.717) is 23.6 Å². The van der Waals surface area contributed by atoms with Crippen LogP contribution in [0.15, 0.2) is 53.8 Å². The van der Waals surface area contributed by atoms with Crippen molar-refractivity contribution in [2.75, 3.05) is 20.5 Å². The van der Waals surface area contributed by atoms with Crippen LogP contribution in [0.5, 0.6) is 11.5 Å². The first kappa shape index (κ1) is 17.6. The van der Waals surface area contributed by atoms with Crippen LogP contribution in [0.25, 0.3) is 11.0 Å². The highest BCUT2D eigenvalue weighted by atomic mass is 16.7. The number of para-hydroxylation sites is 2. The van der Waals surface area contributed by atoms with Gasteiger partial charge in [0.05, 0.1) is 28.6 Å². The molecule has 0 aliphatic carbocycles. The Hall–Kier alpha value is -3.52. The molecular formula is C21H18N4O4. The summed E-state index contributed by atoms with van der Waals surface area (Å²) < 4.78 is 15.9. The molecule has 0 radical (unpaired) electrons. The fourth-order valence-corrected chi connectivity index (χ4v) is 3.54. The number of hydrogen-bond donors (Lipinski definition) is 0. The highest BCUT2D eigenvalue weighted by Gasteiger charge is 2.34. The van der Waals surface area contributed by atoms with Gasteiger partial charge in [-0.25, -0.2) is 9.99 Å². The Bertz CT molecular complexity index is 1130. The molecule has 5 rings (SSSR count). The van der Waals surface area contributed by atoms with Crippen LogP contribution in [0, 0.1) is 0 Å². The average Bonchev–Trinajstić information content (AvgIpc) is 3.40. The molecule has 0 fully saturated rings. The minimum atomic E-state index is -0.352. The second-order valence-corrected chi connectivity index (χ2v) is 6.79. The van der Waals surface area contributed by atoms with E-state index >= 15 is 0 Å². The normalized spacial score (nSPS) is 17.6. The first-order chi connectivity index (χ1) is 14.2. The van der Waals surface area contributed by atoms with E-state index in [-0.39, 0.29) is 25.3 Å². The minimum Gasteiger partial charge on any atom is -0.454 e. The van der Waals surface area contributed by atoms with Gasteiger partial charge in [0.15, 0.2) is 11.5 Å². The zero-order valence-electron chi connectivity index (χ0n) is 15.7. The molecule has 2 aromatic carbocycles. The lowest BCUT2D eigenvalue weighted by atomic mass is 10.0. The molecule has 3 aromatic rings. The van der Waals surface area contributed by atoms with E-state index in [9.17, 15) is 4.79 Å². The van der Waals surface area contributed by atoms with E-state index in [0.717, 1.165) is 22.3 Å². The molecule has 8 nitrogen and oxygen atoms in total. The van der Waals surface area contributed by atoms with E-state index in [1.54, 1.807) is 6.20 Å². The van der Waals surface area contributed by atoms with E-state index in [1.807, 2.05) is 42.5 Å². The Kier molecular flexibility index (Phi) is 4.33. The van der Waals surface area contributed by atoms with E-state index in [1.165, 1.54) is 12.1 Å². The number of nitrogens with zero attached hydrogens (tertiary/aromatic N) is 4. The molecular weight excluding hydrogens is 372 g/mol. The summed E-state index contributed by atoms with van der Waals surface area (Å²) in [7, 11) is 1.49. The number of methoxy groups -OCH3 is 1. The van der Waals surface area contributed by atoms with Crippen LogP contribution in [-0.4, -0.2) is 47.1 Å². The Morgan fingerprint density at radius 2 is 2.00 bits per heavy atom. The minimum absolute atomic E-state index is 0.0601. The molecule has 0 spiro atoms. The Balaban J connectivity index is 1.51. The fraction of sp³-hybridized carbons (Fsp3) is 0.238. The Morgan fingerprint density at radius 3 is 2.86 bits per heavy atom. The van der Waals surface area contributed by atoms with Crippen molar-refractivity contribution in [3.05, 3.63) is 59.9 Å². The number of aromatic nitrogens is 2. The molecule has 8 heteroatoms. The molecule has 0 bridgehead atoms. The van der Waals surface area contributed by atoms with Crippen LogP contribution < -0.4 is 9.47 Å². The molecule has 0 saturated carbocycles. The topological polar surface area (TPSA) is 86.1 Å². The molecule has 29 heavy (non-hydrogen) atoms. The molecule has 0 unspecified atom stereocenters. The van der Waals surface area contributed by atoms with Crippen LogP contribution in [0.3, 0.4) is 0 Å². The molecule has 1 amide bonds. The van der Waals surface area contributed by atoms with Crippen molar-refractivity contribution < 1.29 is 19.0 Å². The summed E-state index contributed by atoms with van der Waals surface area (Å²) >= 11 is 0. The van der Waals surface area contributed by atoms with Crippen LogP contribution in [0.1, 0.15) is 23.7 Å². The van der Waals surface area contributed by atoms with Gasteiger partial charge >= 0.3 is 0 Å². The number of rotatable bonds is 4. The standard InChI is InChI=1S/C21H18N4O4/c1-27-11-21(26)25-18(17-10-22-14-4-2-3-5-15(14)23-17)9-16(24-25)13-6-7-19-20(8-13)29-12-28-19/h2-8,10,18H,9,11-12H2,1H3/t18-/m1/s1. The Labute approximate surface area is 166 Å². The van der Waals surface area contributed by atoms with Crippen molar-refractivity contribution in [2.45, 2.75) is 12.5 Å². The lowest BCUT2D eigenvalue weighted by molar-refractivity contribution is -0.137. The number of carbonyl (C=O) groups excluding carboxylic acids is 1. The van der Waals surface area contributed by atoms with Gasteiger partial charge in [-0.3, -0.25) is 9.78 Å². The third kappa shape index (κ3) is 3.17. The van der Waals surface area contributed by atoms with Gasteiger partial charge in [0.1, 0.15) is 12.6 Å². The fourth-order valence-electron chi connectivity index (χ4n) is 3.54. The zero-order valence-corrected chi connectivity index (χ0v) is 15.7. The number of amides is 1. The SMILES string of the molecule is COCC(=O)N1N=C(c2ccc3c(c2)OCO3)C[C@@H]1c1cnc2ccccc2n1. The summed E-state index contributed by atoms with van der Waals surface area (Å²) in [6.07, 6.45) is 2.22. The number of hydrogen-bond acceptors (Lipinski definition) is 7. The van der Waals surface area contributed by atoms with Crippen LogP contribution >= 0.6 is 0 Å². The van der Waals surface area contributed by atoms with Crippen molar-refractivity contribution in [1.29, 1.82) is 0 Å². The summed E-state index contributed by atoms with van der Waals surface area (Å²) in [5.41, 5.74) is 3.92. The number of benzene rings is 2. The lowest BCUT2D eigenvalue weighted by Crippen LogP contribution is -2.30. The molecule has 1 aromatic heterocycles. The smallest absolute Gasteiger partial charge is 0.269 e. The van der Waals surface area contributed by atoms with Gasteiger partial charge in [-0.05, 0) is 30.3 Å². The van der Waals surface area contributed by atoms with Gasteiger partial charge in [-0.2, -0.15) is 5.10 Å². The number of fused-ring (bicyclic) bond motifs is 2. The van der Waals surface area contributed by atoms with E-state index in [2.05, 4.69) is 10.1 Å². The summed E-state index contributed by atoms with van der Waals surface area (Å²) in [5, 5.41) is 6.04. The summed E-state index contributed by atoms with van der Waals surface area (Å²) in [6.45, 7) is 0.147. The number of carbonyl (C=O) groups is 1. The van der Waals surface area contributed by atoms with E-state index in [4.69, 9.17) is 19.2 Å². The van der Waals surface area contributed by atoms with Gasteiger partial charge in [0.2, 0.25) is 6.79 Å². The van der Waals surface area contributed by atoms with Gasteiger partial charge in [-0.15, -0.1) is 0 Å². The second-order valence-electron chi connectivity index (χ2n) is 6.79. The summed E-state index contributed by atoms with van der Waals surface area (Å²) in [6, 6.07) is 12.9. The maximum Gasteiger partial charge on any atom is 0.269 e. The quantitative estimate of drug-likeness (QED) is 0.681. The molecule has 146 valence electrons. The van der Waals surface area contributed by atoms with Gasteiger partial charge in [0, 0.05) is 19.1 Å². The molecule has 3 heterocycles. The third-order valence-corrected chi connectivity index (χ3v) is 4.95. The number of ether oxygens (including phenoxy) is 3. The first-order valence-corrected chi connectivity index (χ1v) is 9.23. The van der Waals surface area contributed by atoms with Crippen molar-refractivity contribution in [1.82, 2.24) is 15.0 Å². The van der Waals surface area contributed by atoms with Crippen molar-refractivity contribution in [3.8, 4) is 11.5 Å². The Morgan fingerprint density at radius 1 is 1.17 bits per heavy atom. The maximum atomic E-state index is 12.7. The molecule has 0 saturated heterocycles. The van der Waals surface area contributed by atoms with Gasteiger partial charge < -0.3 is 14.2 Å². The van der Waals surface area contributed by atoms with Crippen molar-refractivity contribution in [3.63, 3.8) is 0 Å². The maximum absolute atomic E-state index is 12.7. The molecule has 1 atom stereocenters. The van der Waals surface area contributed by atoms with Gasteiger partial charge in [0.25, 0.3) is 5.91 Å². The van der Waals surface area contributed by atoms with Crippen molar-refractivity contribution >= 4 is 22.7 Å². The highest BCUT2D eigenvalue weighted by molar-refractivity contribution is 6.03. The number of hydrazone groups is 1. The summed E-state index contributed by atoms with van der Waals surface area (Å²) in [5.74, 6) is 1.15. The molecule has 2 aliphatic rings. The molecule has 0 N–H and O–H groups in total. The highest BCUT2D eigenvalue weighted by Crippen LogP contribution is 2.36. The monoisotopic (exact) mass is 390 g/mol. The van der Waals surface area contributed by atoms with Crippen LogP contribution in [-0.2, 0) is 9.53 Å². The van der Waals surface area contributed by atoms with Crippen LogP contribution in [0.2, 0.25) is 0 Å². The lowest BCUT2D eigenvalue weighted by Gasteiger charge is -2.20. The van der Waals surface area contributed by atoms with E-state index < -0.39 is 0 Å². The van der Waals surface area contributed by atoms with Crippen LogP contribution in [0.4, 0.5) is 0 Å². The average molecular weight is 390 g/mol. The second kappa shape index (κ2) is 7.14. The van der Waals surface area contributed by atoms with Gasteiger partial charge in [-0.1, -0.05) is 12.1 Å². The predicted octanol–water partition coefficient (Wildman–Crippen LogP) is 2.68. The third-order valence-electron chi connectivity index (χ3n) is 4.95. The first-order valence-electron chi connectivity index (χ1n) is 9.23. The predicted molar refractivity (Wildman–Crippen MR) is 105 cm³/mol. The summed E-state index contributed by atoms with van der Waals surface area (Å²) in [4.78, 5) is 21.9. The molecule has 2 aliphatic heterocycles. The van der Waals surface area contributed by atoms with Crippen molar-refractivity contribution in [2.24, 2.45) is 5.10 Å². The largest absolute Gasteiger partial charge is 0.454 e.